The van der Waals surface area contributed by atoms with E-state index in [9.17, 15) is 0 Å². The van der Waals surface area contributed by atoms with Gasteiger partial charge in [-0.25, -0.2) is 5.84 Å². The highest BCUT2D eigenvalue weighted by Gasteiger charge is 2.32. The topological polar surface area (TPSA) is 109 Å². The number of nitrogens with zero attached hydrogens (tertiary/aromatic N) is 4. The summed E-state index contributed by atoms with van der Waals surface area (Å²) in [5.41, 5.74) is 3.38. The van der Waals surface area contributed by atoms with Gasteiger partial charge in [0, 0.05) is 38.6 Å². The van der Waals surface area contributed by atoms with Crippen LogP contribution in [0.4, 0.5) is 5.69 Å². The molecule has 3 rings (SSSR count). The number of aromatic nitrogens is 1. The van der Waals surface area contributed by atoms with Crippen LogP contribution in [0.2, 0.25) is 10.0 Å². The van der Waals surface area contributed by atoms with Gasteiger partial charge in [0.25, 0.3) is 0 Å². The van der Waals surface area contributed by atoms with E-state index in [1.165, 1.54) is 12.8 Å². The zero-order valence-corrected chi connectivity index (χ0v) is 21.2. The molecule has 0 aliphatic carbocycles. The number of amidine groups is 1. The third-order valence-electron chi connectivity index (χ3n) is 4.40. The van der Waals surface area contributed by atoms with Gasteiger partial charge in [0.2, 0.25) is 0 Å². The number of aryl methyl sites for hydroxylation is 1. The highest BCUT2D eigenvalue weighted by Crippen LogP contribution is 2.34. The summed E-state index contributed by atoms with van der Waals surface area (Å²) in [6.45, 7) is 13.3. The Kier molecular flexibility index (Phi) is 13.1. The Morgan fingerprint density at radius 3 is 2.03 bits per heavy atom. The minimum Gasteiger partial charge on any atom is -0.464 e. The molecule has 1 unspecified atom stereocenters. The number of furan rings is 1. The predicted molar refractivity (Wildman–Crippen MR) is 135 cm³/mol. The maximum absolute atomic E-state index is 6.28. The first-order chi connectivity index (χ1) is 15.4. The second kappa shape index (κ2) is 14.9. The van der Waals surface area contributed by atoms with Crippen molar-refractivity contribution in [3.05, 3.63) is 46.1 Å². The molecule has 0 saturated carbocycles. The van der Waals surface area contributed by atoms with Gasteiger partial charge in [-0.3, -0.25) is 9.88 Å². The molecule has 180 valence electrons. The Morgan fingerprint density at radius 2 is 1.62 bits per heavy atom. The molecule has 2 aromatic heterocycles. The van der Waals surface area contributed by atoms with Crippen LogP contribution in [-0.2, 0) is 0 Å². The number of rotatable bonds is 4. The van der Waals surface area contributed by atoms with Crippen molar-refractivity contribution in [3.8, 4) is 0 Å². The van der Waals surface area contributed by atoms with Crippen LogP contribution in [0, 0.1) is 6.92 Å². The van der Waals surface area contributed by atoms with E-state index in [1.54, 1.807) is 12.4 Å². The number of hydrazone groups is 1. The zero-order valence-electron chi connectivity index (χ0n) is 19.7. The van der Waals surface area contributed by atoms with Crippen LogP contribution in [0.25, 0.3) is 0 Å². The molecule has 1 aliphatic heterocycles. The van der Waals surface area contributed by atoms with E-state index in [1.807, 2.05) is 19.1 Å². The number of hydrogen-bond acceptors (Lipinski definition) is 7. The summed E-state index contributed by atoms with van der Waals surface area (Å²) in [5, 5.41) is 4.87. The fraction of sp³-hybridized carbons (Fsp3) is 0.545. The molecule has 1 fully saturated rings. The molecule has 2 aromatic rings. The quantitative estimate of drug-likeness (QED) is 0.248. The van der Waals surface area contributed by atoms with E-state index in [4.69, 9.17) is 39.3 Å². The molecule has 5 N–H and O–H groups in total. The van der Waals surface area contributed by atoms with E-state index in [2.05, 4.69) is 53.0 Å². The first kappa shape index (κ1) is 28.0. The lowest BCUT2D eigenvalue weighted by Crippen LogP contribution is -2.52. The van der Waals surface area contributed by atoms with Crippen LogP contribution in [0.1, 0.15) is 58.1 Å². The molecule has 0 amide bonds. The lowest BCUT2D eigenvalue weighted by molar-refractivity contribution is 0.205. The molecule has 0 spiro atoms. The van der Waals surface area contributed by atoms with Crippen LogP contribution < -0.4 is 22.0 Å². The average molecular weight is 486 g/mol. The molecule has 32 heavy (non-hydrogen) atoms. The number of halogens is 2. The van der Waals surface area contributed by atoms with Crippen molar-refractivity contribution in [3.63, 3.8) is 0 Å². The Balaban J connectivity index is 0.000000769. The lowest BCUT2D eigenvalue weighted by Gasteiger charge is -2.39. The Morgan fingerprint density at radius 1 is 1.09 bits per heavy atom. The molecule has 0 bridgehead atoms. The first-order valence-corrected chi connectivity index (χ1v) is 11.7. The molecule has 3 heterocycles. The van der Waals surface area contributed by atoms with Crippen molar-refractivity contribution in [1.82, 2.24) is 15.3 Å². The zero-order chi connectivity index (χ0) is 24.1. The summed E-state index contributed by atoms with van der Waals surface area (Å²) in [5.74, 6) is 13.1. The molecular formula is C22H37Cl2N7O. The first-order valence-electron chi connectivity index (χ1n) is 11.0. The van der Waals surface area contributed by atoms with Gasteiger partial charge in [0.1, 0.15) is 17.6 Å². The monoisotopic (exact) mass is 485 g/mol. The number of hydrazine groups is 1. The van der Waals surface area contributed by atoms with E-state index in [-0.39, 0.29) is 6.04 Å². The number of anilines is 1. The SMILES string of the molecule is CCC.CCC.Cc1ccc(C(/C(=N/N)NN)N2CCN(c3c(Cl)cncc3Cl)CC2)o1. The fourth-order valence-electron chi connectivity index (χ4n) is 3.19. The number of pyridine rings is 1. The summed E-state index contributed by atoms with van der Waals surface area (Å²) in [6, 6.07) is 3.52. The molecule has 1 atom stereocenters. The second-order valence-electron chi connectivity index (χ2n) is 7.40. The third kappa shape index (κ3) is 7.85. The smallest absolute Gasteiger partial charge is 0.161 e. The van der Waals surface area contributed by atoms with E-state index in [0.717, 1.165) is 43.4 Å². The van der Waals surface area contributed by atoms with Gasteiger partial charge in [-0.1, -0.05) is 63.7 Å². The van der Waals surface area contributed by atoms with Crippen molar-refractivity contribution in [2.45, 2.75) is 53.5 Å². The summed E-state index contributed by atoms with van der Waals surface area (Å²) in [4.78, 5) is 8.34. The second-order valence-corrected chi connectivity index (χ2v) is 8.21. The number of piperazine rings is 1. The summed E-state index contributed by atoms with van der Waals surface area (Å²) < 4.78 is 5.80. The number of nitrogens with two attached hydrogens (primary N) is 2. The third-order valence-corrected chi connectivity index (χ3v) is 4.95. The summed E-state index contributed by atoms with van der Waals surface area (Å²) >= 11 is 12.6. The van der Waals surface area contributed by atoms with Gasteiger partial charge in [-0.05, 0) is 19.1 Å². The fourth-order valence-corrected chi connectivity index (χ4v) is 3.79. The van der Waals surface area contributed by atoms with Crippen molar-refractivity contribution in [2.75, 3.05) is 31.1 Å². The van der Waals surface area contributed by atoms with Crippen molar-refractivity contribution in [2.24, 2.45) is 16.8 Å². The molecule has 8 nitrogen and oxygen atoms in total. The van der Waals surface area contributed by atoms with E-state index in [0.29, 0.717) is 15.9 Å². The van der Waals surface area contributed by atoms with Crippen molar-refractivity contribution >= 4 is 34.7 Å². The van der Waals surface area contributed by atoms with Crippen LogP contribution in [0.15, 0.2) is 34.0 Å². The van der Waals surface area contributed by atoms with E-state index >= 15 is 0 Å². The van der Waals surface area contributed by atoms with Crippen LogP contribution >= 0.6 is 23.2 Å². The molecule has 0 radical (unpaired) electrons. The highest BCUT2D eigenvalue weighted by molar-refractivity contribution is 6.38. The molecule has 1 aliphatic rings. The van der Waals surface area contributed by atoms with Crippen molar-refractivity contribution < 1.29 is 4.42 Å². The van der Waals surface area contributed by atoms with Crippen LogP contribution in [-0.4, -0.2) is 41.9 Å². The van der Waals surface area contributed by atoms with Gasteiger partial charge in [-0.15, -0.1) is 0 Å². The number of nitrogens with one attached hydrogen (secondary N) is 1. The maximum Gasteiger partial charge on any atom is 0.161 e. The predicted octanol–water partition coefficient (Wildman–Crippen LogP) is 4.72. The summed E-state index contributed by atoms with van der Waals surface area (Å²) in [7, 11) is 0. The lowest BCUT2D eigenvalue weighted by atomic mass is 10.1. The van der Waals surface area contributed by atoms with Crippen molar-refractivity contribution in [1.29, 1.82) is 0 Å². The average Bonchev–Trinajstić information content (AvgIpc) is 3.19. The Bertz CT molecular complexity index is 798. The standard InChI is InChI=1S/C16H21Cl2N7O.2C3H8/c1-10-2-3-13(26-10)15(16(22-19)23-20)25-6-4-24(5-7-25)14-11(17)8-21-9-12(14)18;2*1-3-2/h2-3,8-9,15H,4-7,19-20H2,1H3,(H,22,23);2*3H2,1-2H3. The number of hydrogen-bond donors (Lipinski definition) is 3. The summed E-state index contributed by atoms with van der Waals surface area (Å²) in [6.07, 6.45) is 5.70. The van der Waals surface area contributed by atoms with Crippen LogP contribution in [0.3, 0.4) is 0 Å². The van der Waals surface area contributed by atoms with Gasteiger partial charge in [0.05, 0.1) is 15.7 Å². The minimum absolute atomic E-state index is 0.288. The van der Waals surface area contributed by atoms with Crippen LogP contribution in [0.5, 0.6) is 0 Å². The Hall–Kier alpha value is -2.00. The molecule has 0 aromatic carbocycles. The van der Waals surface area contributed by atoms with Gasteiger partial charge in [0.15, 0.2) is 5.84 Å². The minimum atomic E-state index is -0.288. The largest absolute Gasteiger partial charge is 0.464 e. The normalized spacial score (nSPS) is 15.2. The van der Waals surface area contributed by atoms with Gasteiger partial charge < -0.3 is 20.6 Å². The molecule has 10 heteroatoms. The van der Waals surface area contributed by atoms with Gasteiger partial charge in [-0.2, -0.15) is 5.10 Å². The molecule has 1 saturated heterocycles. The molecular weight excluding hydrogens is 449 g/mol. The Labute approximate surface area is 201 Å². The van der Waals surface area contributed by atoms with E-state index < -0.39 is 0 Å². The van der Waals surface area contributed by atoms with Gasteiger partial charge >= 0.3 is 0 Å². The highest BCUT2D eigenvalue weighted by atomic mass is 35.5. The maximum atomic E-state index is 6.28.